The lowest BCUT2D eigenvalue weighted by atomic mass is 10.0. The molecule has 0 bridgehead atoms. The zero-order chi connectivity index (χ0) is 26.8. The van der Waals surface area contributed by atoms with Crippen molar-refractivity contribution in [2.75, 3.05) is 12.4 Å². The number of nitrogens with one attached hydrogen (secondary N) is 1. The highest BCUT2D eigenvalue weighted by atomic mass is 19.1. The van der Waals surface area contributed by atoms with Crippen molar-refractivity contribution in [2.45, 2.75) is 32.7 Å². The Kier molecular flexibility index (Phi) is 9.72. The van der Waals surface area contributed by atoms with E-state index in [-0.39, 0.29) is 14.7 Å². The number of carbonyl (C=O) groups is 2. The van der Waals surface area contributed by atoms with E-state index in [1.165, 1.54) is 34.9 Å². The molecule has 1 atom stereocenters. The maximum absolute atomic E-state index is 13.2. The van der Waals surface area contributed by atoms with Gasteiger partial charge in [0, 0.05) is 46.5 Å². The van der Waals surface area contributed by atoms with Gasteiger partial charge in [-0.2, -0.15) is 5.10 Å². The zero-order valence-electron chi connectivity index (χ0n) is 21.7. The molecule has 4 aromatic rings. The minimum Gasteiger partial charge on any atom is -0.329 e. The number of anilines is 1. The normalized spacial score (nSPS) is 11.2. The summed E-state index contributed by atoms with van der Waals surface area (Å²) >= 11 is 0. The smallest absolute Gasteiger partial charge is 0.254 e. The van der Waals surface area contributed by atoms with Gasteiger partial charge in [-0.15, -0.1) is 0 Å². The Balaban J connectivity index is 0.000000655. The summed E-state index contributed by atoms with van der Waals surface area (Å²) in [5.74, 6) is -1.04. The second kappa shape index (κ2) is 13.2. The first kappa shape index (κ1) is 27.3. The summed E-state index contributed by atoms with van der Waals surface area (Å²) < 4.78 is 15.1. The predicted molar refractivity (Wildman–Crippen MR) is 149 cm³/mol. The van der Waals surface area contributed by atoms with Gasteiger partial charge < -0.3 is 10.2 Å². The van der Waals surface area contributed by atoms with Crippen LogP contribution in [-0.4, -0.2) is 39.6 Å². The third-order valence-corrected chi connectivity index (χ3v) is 6.06. The molecule has 7 heteroatoms. The molecule has 0 aliphatic rings. The molecule has 2 amide bonds. The van der Waals surface area contributed by atoms with Crippen LogP contribution < -0.4 is 5.32 Å². The van der Waals surface area contributed by atoms with Crippen molar-refractivity contribution in [1.82, 2.24) is 14.7 Å². The summed E-state index contributed by atoms with van der Waals surface area (Å²) in [6.07, 6.45) is 3.25. The van der Waals surface area contributed by atoms with Crippen LogP contribution in [0.15, 0.2) is 91.1 Å². The zero-order valence-corrected chi connectivity index (χ0v) is 21.7. The molecule has 0 radical (unpaired) electrons. The maximum atomic E-state index is 13.2. The first-order valence-corrected chi connectivity index (χ1v) is 12.2. The number of aromatic nitrogens is 2. The minimum atomic E-state index is -0.726. The Morgan fingerprint density at radius 1 is 1.00 bits per heavy atom. The van der Waals surface area contributed by atoms with Crippen molar-refractivity contribution in [1.29, 1.82) is 0 Å². The Labute approximate surface area is 220 Å². The number of aryl methyl sites for hydroxylation is 3. The number of rotatable bonds is 7. The van der Waals surface area contributed by atoms with E-state index < -0.39 is 11.9 Å². The minimum absolute atomic E-state index is 0. The molecule has 0 aliphatic heterocycles. The van der Waals surface area contributed by atoms with Crippen molar-refractivity contribution in [3.8, 4) is 0 Å². The Hall–Kier alpha value is -4.26. The molecule has 37 heavy (non-hydrogen) atoms. The van der Waals surface area contributed by atoms with Crippen molar-refractivity contribution in [3.63, 3.8) is 0 Å². The van der Waals surface area contributed by atoms with Gasteiger partial charge >= 0.3 is 0 Å². The lowest BCUT2D eigenvalue weighted by Crippen LogP contribution is -2.46. The average Bonchev–Trinajstić information content (AvgIpc) is 3.34. The van der Waals surface area contributed by atoms with Gasteiger partial charge in [-0.3, -0.25) is 14.3 Å². The molecular weight excluding hydrogens is 467 g/mol. The molecule has 6 nitrogen and oxygen atoms in total. The average molecular weight is 505 g/mol. The predicted octanol–water partition coefficient (Wildman–Crippen LogP) is 5.93. The molecule has 0 aliphatic carbocycles. The highest BCUT2D eigenvalue weighted by molar-refractivity contribution is 6.01. The van der Waals surface area contributed by atoms with Crippen molar-refractivity contribution in [3.05, 3.63) is 119 Å². The number of hydrogen-bond donors (Lipinski definition) is 1. The lowest BCUT2D eigenvalue weighted by Gasteiger charge is -2.27. The van der Waals surface area contributed by atoms with Crippen LogP contribution in [0.1, 0.15) is 37.0 Å². The van der Waals surface area contributed by atoms with Crippen LogP contribution in [-0.2, 0) is 24.7 Å². The molecular formula is C30H37FN4O2. The number of carbonyl (C=O) groups excluding carboxylic acids is 2. The van der Waals surface area contributed by atoms with Crippen LogP contribution in [0.2, 0.25) is 0 Å². The quantitative estimate of drug-likeness (QED) is 0.339. The number of hydrogen-bond acceptors (Lipinski definition) is 3. The largest absolute Gasteiger partial charge is 0.329 e. The Morgan fingerprint density at radius 3 is 2.19 bits per heavy atom. The molecule has 0 spiro atoms. The molecule has 196 valence electrons. The molecule has 0 saturated heterocycles. The third-order valence-electron chi connectivity index (χ3n) is 6.06. The molecule has 1 heterocycles. The Bertz CT molecular complexity index is 1300. The Morgan fingerprint density at radius 2 is 1.65 bits per heavy atom. The summed E-state index contributed by atoms with van der Waals surface area (Å²) in [6.45, 7) is 4.09. The fourth-order valence-corrected chi connectivity index (χ4v) is 3.79. The van der Waals surface area contributed by atoms with E-state index in [1.807, 2.05) is 85.5 Å². The van der Waals surface area contributed by atoms with Gasteiger partial charge in [-0.05, 0) is 61.4 Å². The number of nitrogens with zero attached hydrogens (tertiary/aromatic N) is 3. The second-order valence-corrected chi connectivity index (χ2v) is 8.78. The van der Waals surface area contributed by atoms with Crippen LogP contribution in [0.25, 0.3) is 0 Å². The van der Waals surface area contributed by atoms with Gasteiger partial charge in [0.1, 0.15) is 11.9 Å². The van der Waals surface area contributed by atoms with Crippen LogP contribution in [0, 0.1) is 12.7 Å². The van der Waals surface area contributed by atoms with Gasteiger partial charge in [-0.25, -0.2) is 4.39 Å². The van der Waals surface area contributed by atoms with Crippen LogP contribution in [0.3, 0.4) is 0 Å². The van der Waals surface area contributed by atoms with Crippen LogP contribution >= 0.6 is 0 Å². The monoisotopic (exact) mass is 504 g/mol. The van der Waals surface area contributed by atoms with E-state index in [0.29, 0.717) is 17.7 Å². The van der Waals surface area contributed by atoms with Gasteiger partial charge in [0.2, 0.25) is 5.91 Å². The van der Waals surface area contributed by atoms with Crippen molar-refractivity contribution in [2.24, 2.45) is 7.05 Å². The van der Waals surface area contributed by atoms with E-state index in [0.717, 1.165) is 17.5 Å². The van der Waals surface area contributed by atoms with Crippen molar-refractivity contribution >= 4 is 17.5 Å². The first-order valence-electron chi connectivity index (χ1n) is 12.2. The highest BCUT2D eigenvalue weighted by Crippen LogP contribution is 2.16. The van der Waals surface area contributed by atoms with Crippen LogP contribution in [0.5, 0.6) is 0 Å². The SMILES string of the molecule is CCc1ccnn1C.Cc1ccc(NC(=O)[C@H](Cc2ccccc2)N(C)C(=O)c2ccc(F)cc2)cc1.[HH].[HH]. The summed E-state index contributed by atoms with van der Waals surface area (Å²) in [6, 6.07) is 23.6. The summed E-state index contributed by atoms with van der Waals surface area (Å²) in [4.78, 5) is 27.4. The fourth-order valence-electron chi connectivity index (χ4n) is 3.79. The lowest BCUT2D eigenvalue weighted by molar-refractivity contribution is -0.120. The fraction of sp³-hybridized carbons (Fsp3) is 0.233. The first-order chi connectivity index (χ1) is 17.8. The molecule has 0 fully saturated rings. The number of likely N-dealkylation sites (N-methyl/N-ethyl adjacent to an activating group) is 1. The topological polar surface area (TPSA) is 67.2 Å². The highest BCUT2D eigenvalue weighted by Gasteiger charge is 2.28. The maximum Gasteiger partial charge on any atom is 0.254 e. The summed E-state index contributed by atoms with van der Waals surface area (Å²) in [5, 5.41) is 6.90. The van der Waals surface area contributed by atoms with Crippen LogP contribution in [0.4, 0.5) is 10.1 Å². The van der Waals surface area contributed by atoms with E-state index in [4.69, 9.17) is 0 Å². The molecule has 3 aromatic carbocycles. The molecule has 4 rings (SSSR count). The molecule has 1 N–H and O–H groups in total. The molecule has 1 aromatic heterocycles. The van der Waals surface area contributed by atoms with E-state index in [9.17, 15) is 14.0 Å². The van der Waals surface area contributed by atoms with E-state index >= 15 is 0 Å². The summed E-state index contributed by atoms with van der Waals surface area (Å²) in [7, 11) is 3.55. The molecule has 0 unspecified atom stereocenters. The number of benzene rings is 3. The number of amides is 2. The third kappa shape index (κ3) is 7.87. The van der Waals surface area contributed by atoms with Gasteiger partial charge in [0.25, 0.3) is 5.91 Å². The van der Waals surface area contributed by atoms with Gasteiger partial charge in [0.15, 0.2) is 0 Å². The van der Waals surface area contributed by atoms with Gasteiger partial charge in [-0.1, -0.05) is 55.0 Å². The van der Waals surface area contributed by atoms with E-state index in [1.54, 1.807) is 7.05 Å². The standard InChI is InChI=1S/C24H23FN2O2.C6H10N2.2H2/c1-17-8-14-21(15-9-17)26-23(28)22(16-18-6-4-3-5-7-18)27(2)24(29)19-10-12-20(25)13-11-19;1-3-6-4-5-7-8(6)2;;/h3-15,22H,16H2,1-2H3,(H,26,28);4-5H,3H2,1-2H3;2*1H/t22-;;;/m0.../s1. The van der Waals surface area contributed by atoms with Gasteiger partial charge in [0.05, 0.1) is 0 Å². The summed E-state index contributed by atoms with van der Waals surface area (Å²) in [5.41, 5.74) is 4.31. The molecule has 0 saturated carbocycles. The second-order valence-electron chi connectivity index (χ2n) is 8.78. The van der Waals surface area contributed by atoms with Crippen molar-refractivity contribution < 1.29 is 16.8 Å². The number of halogens is 1. The van der Waals surface area contributed by atoms with E-state index in [2.05, 4.69) is 17.3 Å².